The number of allylic oxidation sites excluding steroid dienone is 3. The van der Waals surface area contributed by atoms with Gasteiger partial charge in [-0.1, -0.05) is 136 Å². The maximum absolute atomic E-state index is 5.36. The number of rotatable bonds is 3. The third kappa shape index (κ3) is 4.10. The van der Waals surface area contributed by atoms with Crippen molar-refractivity contribution in [3.63, 3.8) is 0 Å². The third-order valence-electron chi connectivity index (χ3n) is 11.5. The van der Waals surface area contributed by atoms with E-state index in [0.717, 1.165) is 12.3 Å². The van der Waals surface area contributed by atoms with Crippen LogP contribution in [0, 0.1) is 5.92 Å². The summed E-state index contributed by atoms with van der Waals surface area (Å²) in [6.45, 7) is 4.83. The molecule has 3 nitrogen and oxygen atoms in total. The Balaban J connectivity index is 1.18. The molecule has 0 saturated heterocycles. The van der Waals surface area contributed by atoms with E-state index >= 15 is 0 Å². The summed E-state index contributed by atoms with van der Waals surface area (Å²) in [6.07, 6.45) is 16.0. The lowest BCUT2D eigenvalue weighted by Crippen LogP contribution is -2.47. The van der Waals surface area contributed by atoms with E-state index in [1.165, 1.54) is 82.2 Å². The predicted octanol–water partition coefficient (Wildman–Crippen LogP) is 9.64. The molecule has 4 aliphatic carbocycles. The summed E-state index contributed by atoms with van der Waals surface area (Å²) in [5.41, 5.74) is 14.3. The van der Waals surface area contributed by atoms with E-state index in [-0.39, 0.29) is 29.1 Å². The SMILES string of the molecule is CC1(C)c2ccccc2-c2cc3c(cc21)C1(CCCCC1)c1cc(C2N=C(C4C=CC=CC4)NC(c4ccccc4)N2)ccc1-3. The highest BCUT2D eigenvalue weighted by Crippen LogP contribution is 2.60. The van der Waals surface area contributed by atoms with Gasteiger partial charge in [0.2, 0.25) is 0 Å². The van der Waals surface area contributed by atoms with Gasteiger partial charge in [0.25, 0.3) is 0 Å². The maximum atomic E-state index is 5.36. The Bertz CT molecular complexity index is 1900. The van der Waals surface area contributed by atoms with Gasteiger partial charge in [0, 0.05) is 16.7 Å². The molecular weight excluding hydrogens is 546 g/mol. The number of amidine groups is 1. The Morgan fingerprint density at radius 1 is 0.667 bits per heavy atom. The Morgan fingerprint density at radius 3 is 2.24 bits per heavy atom. The Kier molecular flexibility index (Phi) is 6.12. The number of benzene rings is 4. The topological polar surface area (TPSA) is 36.4 Å². The van der Waals surface area contributed by atoms with Crippen molar-refractivity contribution in [1.29, 1.82) is 0 Å². The van der Waals surface area contributed by atoms with Gasteiger partial charge in [0.1, 0.15) is 18.2 Å². The second kappa shape index (κ2) is 10.2. The van der Waals surface area contributed by atoms with Gasteiger partial charge < -0.3 is 5.32 Å². The predicted molar refractivity (Wildman–Crippen MR) is 185 cm³/mol. The van der Waals surface area contributed by atoms with Gasteiger partial charge in [-0.3, -0.25) is 5.32 Å². The van der Waals surface area contributed by atoms with Crippen molar-refractivity contribution in [3.8, 4) is 22.3 Å². The molecule has 45 heavy (non-hydrogen) atoms. The average molecular weight is 588 g/mol. The van der Waals surface area contributed by atoms with Crippen LogP contribution < -0.4 is 10.6 Å². The monoisotopic (exact) mass is 587 g/mol. The second-order valence-corrected chi connectivity index (χ2v) is 14.3. The van der Waals surface area contributed by atoms with Crippen molar-refractivity contribution in [2.24, 2.45) is 10.9 Å². The van der Waals surface area contributed by atoms with Crippen LogP contribution in [0.25, 0.3) is 22.3 Å². The van der Waals surface area contributed by atoms with Gasteiger partial charge in [-0.15, -0.1) is 0 Å². The lowest BCUT2D eigenvalue weighted by Gasteiger charge is -2.37. The van der Waals surface area contributed by atoms with E-state index in [1.54, 1.807) is 5.56 Å². The molecule has 0 bridgehead atoms. The fourth-order valence-electron chi connectivity index (χ4n) is 9.11. The second-order valence-electron chi connectivity index (χ2n) is 14.3. The van der Waals surface area contributed by atoms with E-state index in [9.17, 15) is 0 Å². The van der Waals surface area contributed by atoms with Crippen LogP contribution >= 0.6 is 0 Å². The fraction of sp³-hybridized carbons (Fsp3) is 0.310. The molecule has 9 rings (SSSR count). The summed E-state index contributed by atoms with van der Waals surface area (Å²) in [5.74, 6) is 1.34. The zero-order valence-electron chi connectivity index (χ0n) is 26.3. The highest BCUT2D eigenvalue weighted by Gasteiger charge is 2.47. The van der Waals surface area contributed by atoms with E-state index < -0.39 is 0 Å². The van der Waals surface area contributed by atoms with Crippen LogP contribution in [0.3, 0.4) is 0 Å². The molecule has 3 unspecified atom stereocenters. The van der Waals surface area contributed by atoms with Crippen LogP contribution in [0.5, 0.6) is 0 Å². The summed E-state index contributed by atoms with van der Waals surface area (Å²) in [4.78, 5) is 5.36. The summed E-state index contributed by atoms with van der Waals surface area (Å²) in [6, 6.07) is 32.3. The van der Waals surface area contributed by atoms with Crippen molar-refractivity contribution in [2.75, 3.05) is 0 Å². The van der Waals surface area contributed by atoms with Gasteiger partial charge in [-0.05, 0) is 81.0 Å². The van der Waals surface area contributed by atoms with Crippen molar-refractivity contribution in [2.45, 2.75) is 75.5 Å². The third-order valence-corrected chi connectivity index (χ3v) is 11.5. The first-order valence-corrected chi connectivity index (χ1v) is 17.0. The standard InChI is InChI=1S/C42H41N3/c1-41(2)34-19-11-10-18-30(34)32-25-33-31-21-20-29(24-36(31)42(22-12-5-13-23-42)37(33)26-35(32)41)40-44-38(27-14-6-3-7-15-27)43-39(45-40)28-16-8-4-9-17-28/h3-4,6-11,14-16,18-21,24-26,28,38,40,44H,5,12-13,17,22-23H2,1-2H3,(H,43,45). The molecule has 0 aromatic heterocycles. The van der Waals surface area contributed by atoms with Gasteiger partial charge in [0.15, 0.2) is 0 Å². The molecule has 4 aromatic carbocycles. The minimum atomic E-state index is -0.115. The van der Waals surface area contributed by atoms with Crippen LogP contribution in [0.1, 0.15) is 98.1 Å². The van der Waals surface area contributed by atoms with Crippen molar-refractivity contribution in [1.82, 2.24) is 10.6 Å². The van der Waals surface area contributed by atoms with Crippen LogP contribution in [0.2, 0.25) is 0 Å². The molecule has 2 N–H and O–H groups in total. The number of nitrogens with one attached hydrogen (secondary N) is 2. The molecular formula is C42H41N3. The molecule has 1 saturated carbocycles. The summed E-state index contributed by atoms with van der Waals surface area (Å²) < 4.78 is 0. The molecule has 3 atom stereocenters. The van der Waals surface area contributed by atoms with Crippen molar-refractivity contribution < 1.29 is 0 Å². The molecule has 1 spiro atoms. The molecule has 1 fully saturated rings. The molecule has 3 heteroatoms. The van der Waals surface area contributed by atoms with Gasteiger partial charge >= 0.3 is 0 Å². The summed E-state index contributed by atoms with van der Waals surface area (Å²) in [5, 5.41) is 7.63. The zero-order valence-corrected chi connectivity index (χ0v) is 26.3. The maximum Gasteiger partial charge on any atom is 0.129 e. The first-order valence-electron chi connectivity index (χ1n) is 17.0. The largest absolute Gasteiger partial charge is 0.354 e. The molecule has 0 radical (unpaired) electrons. The quantitative estimate of drug-likeness (QED) is 0.250. The number of aliphatic imine (C=N–C) groups is 1. The van der Waals surface area contributed by atoms with E-state index in [2.05, 4.69) is 134 Å². The smallest absolute Gasteiger partial charge is 0.129 e. The van der Waals surface area contributed by atoms with E-state index in [0.29, 0.717) is 0 Å². The van der Waals surface area contributed by atoms with Crippen molar-refractivity contribution in [3.05, 3.63) is 143 Å². The summed E-state index contributed by atoms with van der Waals surface area (Å²) >= 11 is 0. The lowest BCUT2D eigenvalue weighted by atomic mass is 9.67. The first kappa shape index (κ1) is 27.1. The van der Waals surface area contributed by atoms with Crippen LogP contribution in [0.15, 0.2) is 114 Å². The van der Waals surface area contributed by atoms with Crippen LogP contribution in [0.4, 0.5) is 0 Å². The minimum Gasteiger partial charge on any atom is -0.354 e. The Labute approximate surface area is 267 Å². The molecule has 224 valence electrons. The summed E-state index contributed by atoms with van der Waals surface area (Å²) in [7, 11) is 0. The van der Waals surface area contributed by atoms with Gasteiger partial charge in [0.05, 0.1) is 0 Å². The minimum absolute atomic E-state index is 0.00220. The van der Waals surface area contributed by atoms with Crippen LogP contribution in [-0.4, -0.2) is 5.84 Å². The lowest BCUT2D eigenvalue weighted by molar-refractivity contribution is 0.351. The Hall–Kier alpha value is -4.21. The molecule has 1 heterocycles. The first-order chi connectivity index (χ1) is 22.0. The number of fused-ring (bicyclic) bond motifs is 8. The fourth-order valence-corrected chi connectivity index (χ4v) is 9.11. The molecule has 5 aliphatic rings. The number of hydrogen-bond donors (Lipinski definition) is 2. The number of nitrogens with zero attached hydrogens (tertiary/aromatic N) is 1. The number of hydrogen-bond acceptors (Lipinski definition) is 3. The highest BCUT2D eigenvalue weighted by molar-refractivity contribution is 5.91. The average Bonchev–Trinajstić information content (AvgIpc) is 3.49. The van der Waals surface area contributed by atoms with E-state index in [4.69, 9.17) is 4.99 Å². The Morgan fingerprint density at radius 2 is 1.42 bits per heavy atom. The zero-order chi connectivity index (χ0) is 30.2. The van der Waals surface area contributed by atoms with Crippen molar-refractivity contribution >= 4 is 5.84 Å². The van der Waals surface area contributed by atoms with Gasteiger partial charge in [-0.25, -0.2) is 4.99 Å². The van der Waals surface area contributed by atoms with Crippen LogP contribution in [-0.2, 0) is 10.8 Å². The molecule has 1 aliphatic heterocycles. The molecule has 4 aromatic rings. The normalized spacial score (nSPS) is 24.8. The van der Waals surface area contributed by atoms with E-state index in [1.807, 2.05) is 0 Å². The van der Waals surface area contributed by atoms with Gasteiger partial charge in [-0.2, -0.15) is 0 Å². The highest BCUT2D eigenvalue weighted by atomic mass is 15.3. The molecule has 0 amide bonds.